The zero-order valence-electron chi connectivity index (χ0n) is 10.2. The van der Waals surface area contributed by atoms with E-state index in [1.807, 2.05) is 0 Å². The van der Waals surface area contributed by atoms with Crippen molar-refractivity contribution >= 4 is 12.0 Å². The number of urea groups is 1. The van der Waals surface area contributed by atoms with E-state index >= 15 is 0 Å². The average molecular weight is 272 g/mol. The Morgan fingerprint density at radius 2 is 1.89 bits per heavy atom. The molecule has 0 saturated heterocycles. The summed E-state index contributed by atoms with van der Waals surface area (Å²) in [7, 11) is 2.59. The third-order valence-corrected chi connectivity index (χ3v) is 2.33. The van der Waals surface area contributed by atoms with Crippen LogP contribution in [0.3, 0.4) is 0 Å². The zero-order chi connectivity index (χ0) is 14.6. The summed E-state index contributed by atoms with van der Waals surface area (Å²) in [5, 5.41) is 10.0. The molecule has 0 aliphatic carbocycles. The zero-order valence-corrected chi connectivity index (χ0v) is 10.2. The second-order valence-electron chi connectivity index (χ2n) is 3.77. The molecule has 0 aromatic rings. The van der Waals surface area contributed by atoms with Crippen LogP contribution in [0.25, 0.3) is 0 Å². The van der Waals surface area contributed by atoms with Crippen molar-refractivity contribution in [2.75, 3.05) is 27.3 Å². The number of methoxy groups -OCH3 is 1. The van der Waals surface area contributed by atoms with Crippen molar-refractivity contribution < 1.29 is 32.6 Å². The smallest absolute Gasteiger partial charge is 0.422 e. The number of likely N-dealkylation sites (N-methyl/N-ethyl adjacent to an activating group) is 1. The maximum atomic E-state index is 12.6. The fourth-order valence-corrected chi connectivity index (χ4v) is 0.885. The van der Waals surface area contributed by atoms with Gasteiger partial charge in [-0.3, -0.25) is 0 Å². The summed E-state index contributed by atoms with van der Waals surface area (Å²) in [6.07, 6.45) is -5.10. The van der Waals surface area contributed by atoms with Crippen molar-refractivity contribution in [3.8, 4) is 0 Å². The number of rotatable bonds is 5. The molecule has 0 radical (unpaired) electrons. The van der Waals surface area contributed by atoms with E-state index < -0.39 is 23.7 Å². The van der Waals surface area contributed by atoms with Crippen LogP contribution in [0.5, 0.6) is 0 Å². The van der Waals surface area contributed by atoms with Crippen LogP contribution in [0.1, 0.15) is 6.92 Å². The van der Waals surface area contributed by atoms with Crippen LogP contribution in [0.4, 0.5) is 18.0 Å². The number of amides is 2. The van der Waals surface area contributed by atoms with Gasteiger partial charge in [0, 0.05) is 20.7 Å². The first kappa shape index (κ1) is 16.5. The molecule has 0 spiro atoms. The van der Waals surface area contributed by atoms with Gasteiger partial charge in [0.2, 0.25) is 5.54 Å². The average Bonchev–Trinajstić information content (AvgIpc) is 2.23. The molecular weight excluding hydrogens is 257 g/mol. The number of carboxylic acid groups (broad SMARTS) is 1. The first-order chi connectivity index (χ1) is 8.06. The van der Waals surface area contributed by atoms with Gasteiger partial charge in [-0.15, -0.1) is 0 Å². The number of hydrogen-bond acceptors (Lipinski definition) is 3. The lowest BCUT2D eigenvalue weighted by Gasteiger charge is -2.30. The lowest BCUT2D eigenvalue weighted by atomic mass is 10.0. The number of carbonyl (C=O) groups excluding carboxylic acids is 1. The largest absolute Gasteiger partial charge is 0.479 e. The van der Waals surface area contributed by atoms with E-state index in [2.05, 4.69) is 4.74 Å². The van der Waals surface area contributed by atoms with E-state index in [0.717, 1.165) is 4.90 Å². The van der Waals surface area contributed by atoms with Gasteiger partial charge in [-0.25, -0.2) is 9.59 Å². The van der Waals surface area contributed by atoms with E-state index in [1.54, 1.807) is 0 Å². The third-order valence-electron chi connectivity index (χ3n) is 2.33. The number of alkyl halides is 3. The Balaban J connectivity index is 4.82. The molecule has 106 valence electrons. The first-order valence-electron chi connectivity index (χ1n) is 4.88. The quantitative estimate of drug-likeness (QED) is 0.771. The molecule has 0 aromatic heterocycles. The van der Waals surface area contributed by atoms with Crippen molar-refractivity contribution in [1.82, 2.24) is 10.2 Å². The van der Waals surface area contributed by atoms with E-state index in [9.17, 15) is 22.8 Å². The third kappa shape index (κ3) is 3.76. The number of carbonyl (C=O) groups is 2. The highest BCUT2D eigenvalue weighted by Gasteiger charge is 2.58. The number of ether oxygens (including phenoxy) is 1. The monoisotopic (exact) mass is 272 g/mol. The van der Waals surface area contributed by atoms with Gasteiger partial charge < -0.3 is 20.1 Å². The minimum atomic E-state index is -5.10. The highest BCUT2D eigenvalue weighted by atomic mass is 19.4. The van der Waals surface area contributed by atoms with E-state index in [-0.39, 0.29) is 13.2 Å². The summed E-state index contributed by atoms with van der Waals surface area (Å²) < 4.78 is 42.4. The number of hydrogen-bond donors (Lipinski definition) is 2. The molecule has 9 heteroatoms. The topological polar surface area (TPSA) is 78.9 Å². The molecule has 6 nitrogen and oxygen atoms in total. The Hall–Kier alpha value is -1.51. The Labute approximate surface area is 102 Å². The van der Waals surface area contributed by atoms with Crippen LogP contribution in [-0.4, -0.2) is 61.0 Å². The van der Waals surface area contributed by atoms with Gasteiger partial charge in [0.15, 0.2) is 0 Å². The maximum Gasteiger partial charge on any atom is 0.422 e. The Bertz CT molecular complexity index is 321. The molecule has 0 aromatic carbocycles. The van der Waals surface area contributed by atoms with Gasteiger partial charge in [0.05, 0.1) is 6.61 Å². The highest BCUT2D eigenvalue weighted by Crippen LogP contribution is 2.30. The number of carboxylic acids is 1. The molecule has 1 atom stereocenters. The van der Waals surface area contributed by atoms with Crippen LogP contribution in [0.15, 0.2) is 0 Å². The summed E-state index contributed by atoms with van der Waals surface area (Å²) in [6.45, 7) is 0.549. The van der Waals surface area contributed by atoms with Gasteiger partial charge in [0.1, 0.15) is 0 Å². The summed E-state index contributed by atoms with van der Waals surface area (Å²) in [5.74, 6) is -2.18. The Morgan fingerprint density at radius 1 is 1.39 bits per heavy atom. The predicted molar refractivity (Wildman–Crippen MR) is 55.1 cm³/mol. The van der Waals surface area contributed by atoms with Gasteiger partial charge in [-0.1, -0.05) is 0 Å². The van der Waals surface area contributed by atoms with Crippen LogP contribution >= 0.6 is 0 Å². The molecule has 0 fully saturated rings. The van der Waals surface area contributed by atoms with E-state index in [4.69, 9.17) is 5.11 Å². The molecule has 2 amide bonds. The van der Waals surface area contributed by atoms with Crippen molar-refractivity contribution in [2.24, 2.45) is 0 Å². The van der Waals surface area contributed by atoms with E-state index in [1.165, 1.54) is 19.5 Å². The predicted octanol–water partition coefficient (Wildman–Crippen LogP) is 0.680. The van der Waals surface area contributed by atoms with Gasteiger partial charge in [-0.2, -0.15) is 13.2 Å². The summed E-state index contributed by atoms with van der Waals surface area (Å²) in [4.78, 5) is 23.0. The molecule has 2 N–H and O–H groups in total. The molecule has 0 aliphatic heterocycles. The summed E-state index contributed by atoms with van der Waals surface area (Å²) in [6, 6.07) is -1.14. The SMILES string of the molecule is COCCN(C)C(=O)NC(C)(C(=O)O)C(F)(F)F. The summed E-state index contributed by atoms with van der Waals surface area (Å²) >= 11 is 0. The second-order valence-corrected chi connectivity index (χ2v) is 3.77. The number of nitrogens with zero attached hydrogens (tertiary/aromatic N) is 1. The summed E-state index contributed by atoms with van der Waals surface area (Å²) in [5.41, 5.74) is -3.33. The minimum Gasteiger partial charge on any atom is -0.479 e. The van der Waals surface area contributed by atoms with Crippen molar-refractivity contribution in [3.05, 3.63) is 0 Å². The maximum absolute atomic E-state index is 12.6. The molecule has 0 heterocycles. The lowest BCUT2D eigenvalue weighted by Crippen LogP contribution is -2.63. The first-order valence-corrected chi connectivity index (χ1v) is 4.88. The van der Waals surface area contributed by atoms with Gasteiger partial charge in [-0.05, 0) is 6.92 Å². The molecule has 0 rings (SSSR count). The van der Waals surface area contributed by atoms with Crippen molar-refractivity contribution in [3.63, 3.8) is 0 Å². The fraction of sp³-hybridized carbons (Fsp3) is 0.778. The van der Waals surface area contributed by atoms with Crippen molar-refractivity contribution in [2.45, 2.75) is 18.6 Å². The number of aliphatic carboxylic acids is 1. The Kier molecular flexibility index (Phi) is 5.40. The molecule has 0 saturated carbocycles. The minimum absolute atomic E-state index is 0.0376. The molecule has 1 unspecified atom stereocenters. The normalized spacial score (nSPS) is 14.8. The Morgan fingerprint density at radius 3 is 2.22 bits per heavy atom. The van der Waals surface area contributed by atoms with Gasteiger partial charge in [0.25, 0.3) is 0 Å². The van der Waals surface area contributed by atoms with E-state index in [0.29, 0.717) is 6.92 Å². The molecule has 0 aliphatic rings. The standard InChI is InChI=1S/C9H15F3N2O4/c1-8(6(15)16,9(10,11)12)13-7(17)14(2)4-5-18-3/h4-5H2,1-3H3,(H,13,17)(H,15,16). The van der Waals surface area contributed by atoms with Crippen LogP contribution < -0.4 is 5.32 Å². The molecule has 18 heavy (non-hydrogen) atoms. The molecule has 0 bridgehead atoms. The van der Waals surface area contributed by atoms with Gasteiger partial charge >= 0.3 is 18.2 Å². The number of halogens is 3. The fourth-order valence-electron chi connectivity index (χ4n) is 0.885. The highest BCUT2D eigenvalue weighted by molar-refractivity contribution is 5.86. The second kappa shape index (κ2) is 5.89. The van der Waals surface area contributed by atoms with Crippen molar-refractivity contribution in [1.29, 1.82) is 0 Å². The van der Waals surface area contributed by atoms with Crippen LogP contribution in [0.2, 0.25) is 0 Å². The lowest BCUT2D eigenvalue weighted by molar-refractivity contribution is -0.203. The molecular formula is C9H15F3N2O4. The number of nitrogens with one attached hydrogen (secondary N) is 1. The van der Waals surface area contributed by atoms with Crippen LogP contribution in [0, 0.1) is 0 Å². The van der Waals surface area contributed by atoms with Crippen LogP contribution in [-0.2, 0) is 9.53 Å².